The van der Waals surface area contributed by atoms with E-state index in [1.54, 1.807) is 27.7 Å². The first kappa shape index (κ1) is 24.6. The van der Waals surface area contributed by atoms with Gasteiger partial charge in [-0.15, -0.1) is 0 Å². The lowest BCUT2D eigenvalue weighted by Gasteiger charge is -2.29. The number of rotatable bonds is 8. The molecule has 7 nitrogen and oxygen atoms in total. The Hall–Kier alpha value is -2.70. The minimum absolute atomic E-state index is 0.00580. The van der Waals surface area contributed by atoms with Gasteiger partial charge in [0.05, 0.1) is 6.04 Å². The molecule has 0 aromatic heterocycles. The Kier molecular flexibility index (Phi) is 8.36. The number of Topliss-reactive ketones (excluding diaryl/α,β-unsaturated/α-hetero) is 1. The average Bonchev–Trinajstić information content (AvgIpc) is 3.16. The molecule has 3 atom stereocenters. The molecule has 1 fully saturated rings. The van der Waals surface area contributed by atoms with Crippen LogP contribution in [0.15, 0.2) is 30.3 Å². The van der Waals surface area contributed by atoms with E-state index in [-0.39, 0.29) is 24.0 Å². The van der Waals surface area contributed by atoms with Gasteiger partial charge in [0.15, 0.2) is 5.78 Å². The molecule has 2 rings (SSSR count). The zero-order valence-electron chi connectivity index (χ0n) is 19.1. The molecule has 1 aromatic rings. The van der Waals surface area contributed by atoms with Gasteiger partial charge in [-0.3, -0.25) is 14.4 Å². The Balaban J connectivity index is 2.04. The van der Waals surface area contributed by atoms with Crippen molar-refractivity contribution in [2.75, 3.05) is 6.54 Å². The van der Waals surface area contributed by atoms with Crippen molar-refractivity contribution in [3.05, 3.63) is 35.9 Å². The minimum atomic E-state index is -0.699. The number of benzene rings is 1. The van der Waals surface area contributed by atoms with Gasteiger partial charge in [0.25, 0.3) is 0 Å². The number of carbonyl (C=O) groups excluding carboxylic acids is 4. The van der Waals surface area contributed by atoms with Crippen LogP contribution in [0.2, 0.25) is 0 Å². The Morgan fingerprint density at radius 2 is 1.81 bits per heavy atom. The second-order valence-corrected chi connectivity index (χ2v) is 9.24. The highest BCUT2D eigenvalue weighted by Crippen LogP contribution is 2.24. The number of hydrogen-bond donors (Lipinski definition) is 1. The van der Waals surface area contributed by atoms with Crippen LogP contribution in [0.1, 0.15) is 59.4 Å². The molecule has 170 valence electrons. The largest absolute Gasteiger partial charge is 0.458 e. The molecule has 1 aromatic carbocycles. The molecule has 7 heteroatoms. The molecule has 0 unspecified atom stereocenters. The molecule has 1 aliphatic heterocycles. The lowest BCUT2D eigenvalue weighted by molar-refractivity contribution is -0.164. The van der Waals surface area contributed by atoms with Crippen LogP contribution in [0.3, 0.4) is 0 Å². The van der Waals surface area contributed by atoms with Gasteiger partial charge in [-0.1, -0.05) is 37.3 Å². The summed E-state index contributed by atoms with van der Waals surface area (Å²) in [4.78, 5) is 51.7. The van der Waals surface area contributed by atoms with E-state index < -0.39 is 29.6 Å². The van der Waals surface area contributed by atoms with E-state index in [0.29, 0.717) is 19.4 Å². The Morgan fingerprint density at radius 3 is 2.39 bits per heavy atom. The summed E-state index contributed by atoms with van der Waals surface area (Å²) in [7, 11) is 0. The van der Waals surface area contributed by atoms with Crippen molar-refractivity contribution in [1.82, 2.24) is 10.2 Å². The van der Waals surface area contributed by atoms with Gasteiger partial charge in [-0.2, -0.15) is 0 Å². The van der Waals surface area contributed by atoms with Crippen molar-refractivity contribution >= 4 is 23.6 Å². The number of likely N-dealkylation sites (tertiary alicyclic amines) is 1. The van der Waals surface area contributed by atoms with E-state index >= 15 is 0 Å². The van der Waals surface area contributed by atoms with Crippen LogP contribution in [-0.2, 0) is 30.3 Å². The van der Waals surface area contributed by atoms with E-state index in [1.165, 1.54) is 11.8 Å². The first-order valence-corrected chi connectivity index (χ1v) is 10.8. The van der Waals surface area contributed by atoms with Crippen LogP contribution in [0, 0.1) is 5.92 Å². The summed E-state index contributed by atoms with van der Waals surface area (Å²) in [5.41, 5.74) is 0.303. The van der Waals surface area contributed by atoms with Crippen LogP contribution in [0.25, 0.3) is 0 Å². The molecule has 2 amide bonds. The second kappa shape index (κ2) is 10.6. The van der Waals surface area contributed by atoms with Crippen LogP contribution < -0.4 is 5.32 Å². The first-order valence-electron chi connectivity index (χ1n) is 10.8. The predicted molar refractivity (Wildman–Crippen MR) is 117 cm³/mol. The fourth-order valence-electron chi connectivity index (χ4n) is 3.80. The van der Waals surface area contributed by atoms with Crippen molar-refractivity contribution in [2.24, 2.45) is 5.92 Å². The number of nitrogens with zero attached hydrogens (tertiary/aromatic N) is 1. The Labute approximate surface area is 184 Å². The fourth-order valence-corrected chi connectivity index (χ4v) is 3.80. The number of esters is 1. The topological polar surface area (TPSA) is 92.8 Å². The molecule has 1 saturated heterocycles. The number of ether oxygens (including phenoxy) is 1. The summed E-state index contributed by atoms with van der Waals surface area (Å²) < 4.78 is 5.46. The first-order chi connectivity index (χ1) is 14.5. The molecular weight excluding hydrogens is 396 g/mol. The van der Waals surface area contributed by atoms with Gasteiger partial charge >= 0.3 is 5.97 Å². The van der Waals surface area contributed by atoms with E-state index in [2.05, 4.69) is 5.32 Å². The Morgan fingerprint density at radius 1 is 1.16 bits per heavy atom. The molecule has 31 heavy (non-hydrogen) atoms. The SMILES string of the molecule is CC(=O)N[C@H](Cc1ccccc1)C(=O)C[C@H](C)C(=O)N1CCC[C@H]1C(=O)OC(C)(C)C. The highest BCUT2D eigenvalue weighted by atomic mass is 16.6. The summed E-state index contributed by atoms with van der Waals surface area (Å²) in [6.45, 7) is 8.92. The van der Waals surface area contributed by atoms with Gasteiger partial charge in [0, 0.05) is 25.8 Å². The number of hydrogen-bond acceptors (Lipinski definition) is 5. The van der Waals surface area contributed by atoms with Crippen LogP contribution in [0.4, 0.5) is 0 Å². The monoisotopic (exact) mass is 430 g/mol. The third-order valence-corrected chi connectivity index (χ3v) is 5.19. The molecule has 0 radical (unpaired) electrons. The van der Waals surface area contributed by atoms with Crippen molar-refractivity contribution < 1.29 is 23.9 Å². The summed E-state index contributed by atoms with van der Waals surface area (Å²) in [5.74, 6) is -1.73. The zero-order valence-corrected chi connectivity index (χ0v) is 19.1. The molecule has 0 bridgehead atoms. The maximum Gasteiger partial charge on any atom is 0.329 e. The highest BCUT2D eigenvalue weighted by Gasteiger charge is 2.39. The van der Waals surface area contributed by atoms with Crippen LogP contribution in [-0.4, -0.2) is 52.7 Å². The van der Waals surface area contributed by atoms with Gasteiger partial charge in [0.1, 0.15) is 11.6 Å². The number of nitrogens with one attached hydrogen (secondary N) is 1. The summed E-state index contributed by atoms with van der Waals surface area (Å²) in [6.07, 6.45) is 1.64. The predicted octanol–water partition coefficient (Wildman–Crippen LogP) is 2.66. The summed E-state index contributed by atoms with van der Waals surface area (Å²) >= 11 is 0. The molecule has 0 saturated carbocycles. The third-order valence-electron chi connectivity index (χ3n) is 5.19. The normalized spacial score (nSPS) is 18.2. The van der Waals surface area contributed by atoms with E-state index in [4.69, 9.17) is 4.74 Å². The van der Waals surface area contributed by atoms with Crippen molar-refractivity contribution in [3.8, 4) is 0 Å². The summed E-state index contributed by atoms with van der Waals surface area (Å²) in [5, 5.41) is 2.71. The van der Waals surface area contributed by atoms with Crippen molar-refractivity contribution in [3.63, 3.8) is 0 Å². The second-order valence-electron chi connectivity index (χ2n) is 9.24. The zero-order chi connectivity index (χ0) is 23.2. The molecule has 1 aliphatic rings. The Bertz CT molecular complexity index is 800. The average molecular weight is 431 g/mol. The molecule has 1 heterocycles. The number of ketones is 1. The van der Waals surface area contributed by atoms with Crippen molar-refractivity contribution in [2.45, 2.75) is 78.0 Å². The lowest BCUT2D eigenvalue weighted by atomic mass is 9.94. The van der Waals surface area contributed by atoms with Crippen LogP contribution in [0.5, 0.6) is 0 Å². The maximum atomic E-state index is 13.0. The third kappa shape index (κ3) is 7.49. The van der Waals surface area contributed by atoms with Gasteiger partial charge in [0.2, 0.25) is 11.8 Å². The fraction of sp³-hybridized carbons (Fsp3) is 0.583. The molecule has 0 aliphatic carbocycles. The van der Waals surface area contributed by atoms with Gasteiger partial charge in [-0.05, 0) is 45.6 Å². The maximum absolute atomic E-state index is 13.0. The smallest absolute Gasteiger partial charge is 0.329 e. The standard InChI is InChI=1S/C24H34N2O5/c1-16(22(29)26-13-9-12-20(26)23(30)31-24(3,4)5)14-21(28)19(25-17(2)27)15-18-10-7-6-8-11-18/h6-8,10-11,16,19-20H,9,12-15H2,1-5H3,(H,25,27)/t16-,19+,20-/m0/s1. The van der Waals surface area contributed by atoms with Gasteiger partial charge < -0.3 is 15.0 Å². The highest BCUT2D eigenvalue weighted by molar-refractivity contribution is 5.93. The summed E-state index contributed by atoms with van der Waals surface area (Å²) in [6, 6.07) is 8.12. The molecular formula is C24H34N2O5. The number of amides is 2. The van der Waals surface area contributed by atoms with E-state index in [1.807, 2.05) is 30.3 Å². The van der Waals surface area contributed by atoms with Gasteiger partial charge in [-0.25, -0.2) is 4.79 Å². The molecule has 0 spiro atoms. The quantitative estimate of drug-likeness (QED) is 0.640. The van der Waals surface area contributed by atoms with Crippen LogP contribution >= 0.6 is 0 Å². The van der Waals surface area contributed by atoms with Crippen molar-refractivity contribution in [1.29, 1.82) is 0 Å². The van der Waals surface area contributed by atoms with E-state index in [0.717, 1.165) is 12.0 Å². The minimum Gasteiger partial charge on any atom is -0.458 e. The number of carbonyl (C=O) groups is 4. The lowest BCUT2D eigenvalue weighted by Crippen LogP contribution is -2.47. The van der Waals surface area contributed by atoms with E-state index in [9.17, 15) is 19.2 Å². The molecule has 1 N–H and O–H groups in total.